The second kappa shape index (κ2) is 5.56. The molecule has 84 valence electrons. The molecule has 0 amide bonds. The standard InChI is InChI=1S/C11H19N3S/c12-8-7-11-14-13-10(15-11)6-5-9-3-1-2-4-9/h9H,1-8,12H2. The Hall–Kier alpha value is -0.480. The first-order valence-corrected chi connectivity index (χ1v) is 6.71. The Balaban J connectivity index is 1.77. The summed E-state index contributed by atoms with van der Waals surface area (Å²) in [4.78, 5) is 0. The lowest BCUT2D eigenvalue weighted by atomic mass is 10.0. The number of hydrogen-bond donors (Lipinski definition) is 1. The van der Waals surface area contributed by atoms with E-state index in [2.05, 4.69) is 10.2 Å². The third-order valence-electron chi connectivity index (χ3n) is 3.11. The zero-order chi connectivity index (χ0) is 10.5. The van der Waals surface area contributed by atoms with Gasteiger partial charge in [-0.05, 0) is 18.9 Å². The molecule has 1 heterocycles. The van der Waals surface area contributed by atoms with Crippen LogP contribution in [0.1, 0.15) is 42.1 Å². The van der Waals surface area contributed by atoms with Crippen molar-refractivity contribution in [2.75, 3.05) is 6.54 Å². The van der Waals surface area contributed by atoms with E-state index in [0.717, 1.165) is 23.8 Å². The fraction of sp³-hybridized carbons (Fsp3) is 0.818. The minimum atomic E-state index is 0.678. The SMILES string of the molecule is NCCc1nnc(CCC2CCCC2)s1. The first kappa shape index (κ1) is 11.0. The van der Waals surface area contributed by atoms with Crippen molar-refractivity contribution in [1.82, 2.24) is 10.2 Å². The maximum absolute atomic E-state index is 5.48. The van der Waals surface area contributed by atoms with E-state index in [1.54, 1.807) is 11.3 Å². The van der Waals surface area contributed by atoms with Crippen LogP contribution in [0.4, 0.5) is 0 Å². The Kier molecular flexibility index (Phi) is 4.09. The van der Waals surface area contributed by atoms with Crippen LogP contribution in [-0.4, -0.2) is 16.7 Å². The molecule has 1 aliphatic rings. The minimum Gasteiger partial charge on any atom is -0.330 e. The summed E-state index contributed by atoms with van der Waals surface area (Å²) in [6.07, 6.45) is 9.01. The predicted octanol–water partition coefficient (Wildman–Crippen LogP) is 2.16. The van der Waals surface area contributed by atoms with Crippen molar-refractivity contribution >= 4 is 11.3 Å². The Labute approximate surface area is 95.1 Å². The molecule has 2 rings (SSSR count). The second-order valence-corrected chi connectivity index (χ2v) is 5.46. The topological polar surface area (TPSA) is 51.8 Å². The van der Waals surface area contributed by atoms with Gasteiger partial charge in [0.25, 0.3) is 0 Å². The highest BCUT2D eigenvalue weighted by Gasteiger charge is 2.15. The first-order valence-electron chi connectivity index (χ1n) is 5.90. The molecule has 4 heteroatoms. The maximum Gasteiger partial charge on any atom is 0.118 e. The number of nitrogens with zero attached hydrogens (tertiary/aromatic N) is 2. The molecule has 1 fully saturated rings. The van der Waals surface area contributed by atoms with Gasteiger partial charge in [0.05, 0.1) is 0 Å². The van der Waals surface area contributed by atoms with Crippen LogP contribution in [0.5, 0.6) is 0 Å². The highest BCUT2D eigenvalue weighted by Crippen LogP contribution is 2.29. The van der Waals surface area contributed by atoms with Gasteiger partial charge in [0.1, 0.15) is 10.0 Å². The van der Waals surface area contributed by atoms with Gasteiger partial charge in [0, 0.05) is 12.8 Å². The van der Waals surface area contributed by atoms with Crippen molar-refractivity contribution in [3.05, 3.63) is 10.0 Å². The summed E-state index contributed by atoms with van der Waals surface area (Å²) in [7, 11) is 0. The molecule has 1 aromatic rings. The average molecular weight is 225 g/mol. The van der Waals surface area contributed by atoms with E-state index in [0.29, 0.717) is 6.54 Å². The predicted molar refractivity (Wildman–Crippen MR) is 62.9 cm³/mol. The van der Waals surface area contributed by atoms with E-state index in [9.17, 15) is 0 Å². The molecule has 0 bridgehead atoms. The zero-order valence-electron chi connectivity index (χ0n) is 9.11. The zero-order valence-corrected chi connectivity index (χ0v) is 9.93. The summed E-state index contributed by atoms with van der Waals surface area (Å²) < 4.78 is 0. The lowest BCUT2D eigenvalue weighted by Gasteiger charge is -2.05. The summed E-state index contributed by atoms with van der Waals surface area (Å²) in [6, 6.07) is 0. The van der Waals surface area contributed by atoms with Crippen molar-refractivity contribution in [2.45, 2.75) is 44.9 Å². The lowest BCUT2D eigenvalue weighted by molar-refractivity contribution is 0.502. The molecular weight excluding hydrogens is 206 g/mol. The van der Waals surface area contributed by atoms with Gasteiger partial charge in [-0.15, -0.1) is 21.5 Å². The molecule has 1 aromatic heterocycles. The van der Waals surface area contributed by atoms with E-state index >= 15 is 0 Å². The van der Waals surface area contributed by atoms with E-state index in [4.69, 9.17) is 5.73 Å². The molecule has 0 aromatic carbocycles. The third kappa shape index (κ3) is 3.24. The van der Waals surface area contributed by atoms with Crippen LogP contribution < -0.4 is 5.73 Å². The molecule has 0 atom stereocenters. The van der Waals surface area contributed by atoms with Gasteiger partial charge in [0.15, 0.2) is 0 Å². The van der Waals surface area contributed by atoms with Gasteiger partial charge < -0.3 is 5.73 Å². The van der Waals surface area contributed by atoms with Crippen LogP contribution >= 0.6 is 11.3 Å². The molecule has 0 radical (unpaired) electrons. The van der Waals surface area contributed by atoms with Gasteiger partial charge in [-0.2, -0.15) is 0 Å². The molecule has 1 aliphatic carbocycles. The van der Waals surface area contributed by atoms with Crippen molar-refractivity contribution in [3.8, 4) is 0 Å². The summed E-state index contributed by atoms with van der Waals surface area (Å²) in [5.41, 5.74) is 5.48. The van der Waals surface area contributed by atoms with Gasteiger partial charge in [-0.3, -0.25) is 0 Å². The monoisotopic (exact) mass is 225 g/mol. The average Bonchev–Trinajstić information content (AvgIpc) is 2.85. The molecular formula is C11H19N3S. The van der Waals surface area contributed by atoms with Crippen molar-refractivity contribution in [3.63, 3.8) is 0 Å². The lowest BCUT2D eigenvalue weighted by Crippen LogP contribution is -2.01. The van der Waals surface area contributed by atoms with Crippen LogP contribution in [0.3, 0.4) is 0 Å². The van der Waals surface area contributed by atoms with Crippen LogP contribution in [0, 0.1) is 5.92 Å². The Morgan fingerprint density at radius 1 is 1.13 bits per heavy atom. The maximum atomic E-state index is 5.48. The quantitative estimate of drug-likeness (QED) is 0.835. The smallest absolute Gasteiger partial charge is 0.118 e. The van der Waals surface area contributed by atoms with Gasteiger partial charge in [-0.25, -0.2) is 0 Å². The molecule has 0 aliphatic heterocycles. The van der Waals surface area contributed by atoms with E-state index in [1.165, 1.54) is 37.1 Å². The van der Waals surface area contributed by atoms with E-state index in [-0.39, 0.29) is 0 Å². The summed E-state index contributed by atoms with van der Waals surface area (Å²) >= 11 is 1.74. The fourth-order valence-corrected chi connectivity index (χ4v) is 3.12. The highest BCUT2D eigenvalue weighted by molar-refractivity contribution is 7.11. The van der Waals surface area contributed by atoms with Crippen LogP contribution in [0.15, 0.2) is 0 Å². The van der Waals surface area contributed by atoms with Gasteiger partial charge >= 0.3 is 0 Å². The molecule has 0 spiro atoms. The van der Waals surface area contributed by atoms with Gasteiger partial charge in [-0.1, -0.05) is 25.7 Å². The molecule has 3 nitrogen and oxygen atoms in total. The minimum absolute atomic E-state index is 0.678. The number of nitrogens with two attached hydrogens (primary N) is 1. The molecule has 0 saturated heterocycles. The van der Waals surface area contributed by atoms with Crippen molar-refractivity contribution in [1.29, 1.82) is 0 Å². The third-order valence-corrected chi connectivity index (χ3v) is 4.15. The highest BCUT2D eigenvalue weighted by atomic mass is 32.1. The molecule has 1 saturated carbocycles. The van der Waals surface area contributed by atoms with Crippen molar-refractivity contribution < 1.29 is 0 Å². The first-order chi connectivity index (χ1) is 7.38. The fourth-order valence-electron chi connectivity index (χ4n) is 2.24. The number of aromatic nitrogens is 2. The Bertz CT molecular complexity index is 292. The Morgan fingerprint density at radius 2 is 1.80 bits per heavy atom. The summed E-state index contributed by atoms with van der Waals surface area (Å²) in [5.74, 6) is 0.951. The van der Waals surface area contributed by atoms with Gasteiger partial charge in [0.2, 0.25) is 0 Å². The molecule has 15 heavy (non-hydrogen) atoms. The van der Waals surface area contributed by atoms with Crippen LogP contribution in [0.2, 0.25) is 0 Å². The van der Waals surface area contributed by atoms with Crippen LogP contribution in [-0.2, 0) is 12.8 Å². The van der Waals surface area contributed by atoms with Crippen molar-refractivity contribution in [2.24, 2.45) is 11.7 Å². The number of hydrogen-bond acceptors (Lipinski definition) is 4. The molecule has 2 N–H and O–H groups in total. The number of aryl methyl sites for hydroxylation is 1. The Morgan fingerprint density at radius 3 is 2.47 bits per heavy atom. The second-order valence-electron chi connectivity index (χ2n) is 4.32. The van der Waals surface area contributed by atoms with E-state index in [1.807, 2.05) is 0 Å². The normalized spacial score (nSPS) is 17.4. The summed E-state index contributed by atoms with van der Waals surface area (Å²) in [6.45, 7) is 0.678. The van der Waals surface area contributed by atoms with Crippen LogP contribution in [0.25, 0.3) is 0 Å². The number of rotatable bonds is 5. The largest absolute Gasteiger partial charge is 0.330 e. The van der Waals surface area contributed by atoms with E-state index < -0.39 is 0 Å². The molecule has 0 unspecified atom stereocenters. The summed E-state index contributed by atoms with van der Waals surface area (Å²) in [5, 5.41) is 10.6.